The second-order valence-corrected chi connectivity index (χ2v) is 7.88. The highest BCUT2D eigenvalue weighted by atomic mass is 32.2. The van der Waals surface area contributed by atoms with Gasteiger partial charge in [-0.1, -0.05) is 62.0 Å². The third kappa shape index (κ3) is 5.81. The molecule has 134 valence electrons. The van der Waals surface area contributed by atoms with Gasteiger partial charge in [-0.2, -0.15) is 0 Å². The van der Waals surface area contributed by atoms with Crippen molar-refractivity contribution in [2.45, 2.75) is 51.4 Å². The highest BCUT2D eigenvalue weighted by Gasteiger charge is 2.29. The molecule has 6 nitrogen and oxygen atoms in total. The average molecular weight is 373 g/mol. The normalized spacial score (nSPS) is 18.3. The summed E-state index contributed by atoms with van der Waals surface area (Å²) < 4.78 is 0. The molecule has 0 aliphatic carbocycles. The molecule has 2 aliphatic rings. The van der Waals surface area contributed by atoms with Gasteiger partial charge in [0.2, 0.25) is 11.8 Å². The number of hydrogen-bond donors (Lipinski definition) is 0. The van der Waals surface area contributed by atoms with E-state index >= 15 is 0 Å². The first-order chi connectivity index (χ1) is 11.6. The molecule has 0 aromatic rings. The minimum absolute atomic E-state index is 0.0571. The Labute approximate surface area is 151 Å². The maximum atomic E-state index is 11.4. The van der Waals surface area contributed by atoms with Crippen molar-refractivity contribution in [2.24, 2.45) is 0 Å². The maximum absolute atomic E-state index is 11.4. The smallest absolute Gasteiger partial charge is 0.273 e. The molecule has 0 saturated carbocycles. The fraction of sp³-hybridized carbons (Fsp3) is 0.750. The third-order valence-electron chi connectivity index (χ3n) is 4.19. The lowest BCUT2D eigenvalue weighted by Crippen LogP contribution is -2.29. The van der Waals surface area contributed by atoms with Gasteiger partial charge in [0, 0.05) is 13.1 Å². The molecule has 2 fully saturated rings. The molecule has 2 aliphatic heterocycles. The van der Waals surface area contributed by atoms with Crippen molar-refractivity contribution in [1.29, 1.82) is 0 Å². The molecule has 2 saturated heterocycles. The van der Waals surface area contributed by atoms with Gasteiger partial charge in [0.25, 0.3) is 10.5 Å². The van der Waals surface area contributed by atoms with Crippen molar-refractivity contribution in [3.05, 3.63) is 0 Å². The van der Waals surface area contributed by atoms with Crippen molar-refractivity contribution in [3.63, 3.8) is 0 Å². The van der Waals surface area contributed by atoms with Gasteiger partial charge < -0.3 is 0 Å². The molecule has 0 spiro atoms. The van der Waals surface area contributed by atoms with Crippen LogP contribution in [0.1, 0.15) is 51.4 Å². The molecule has 0 aromatic heterocycles. The van der Waals surface area contributed by atoms with Crippen LogP contribution in [-0.2, 0) is 9.59 Å². The summed E-state index contributed by atoms with van der Waals surface area (Å²) >= 11 is 2.19. The van der Waals surface area contributed by atoms with E-state index in [2.05, 4.69) is 0 Å². The minimum Gasteiger partial charge on any atom is -0.273 e. The second-order valence-electron chi connectivity index (χ2n) is 6.03. The van der Waals surface area contributed by atoms with Crippen molar-refractivity contribution in [1.82, 2.24) is 9.80 Å². The lowest BCUT2D eigenvalue weighted by molar-refractivity contribution is -0.125. The summed E-state index contributed by atoms with van der Waals surface area (Å²) in [5.41, 5.74) is 0. The number of carbonyl (C=O) groups is 4. The lowest BCUT2D eigenvalue weighted by atomic mass is 10.1. The molecular formula is C16H24N2O4S2. The minimum atomic E-state index is -0.103. The number of imide groups is 2. The van der Waals surface area contributed by atoms with Crippen LogP contribution in [0.15, 0.2) is 0 Å². The predicted octanol–water partition coefficient (Wildman–Crippen LogP) is 3.50. The molecule has 0 unspecified atom stereocenters. The van der Waals surface area contributed by atoms with Crippen LogP contribution in [0.4, 0.5) is 9.59 Å². The van der Waals surface area contributed by atoms with E-state index in [0.29, 0.717) is 24.6 Å². The molecule has 2 heterocycles. The van der Waals surface area contributed by atoms with Gasteiger partial charge in [0.1, 0.15) is 0 Å². The number of thioether (sulfide) groups is 2. The first-order valence-corrected chi connectivity index (χ1v) is 10.5. The Morgan fingerprint density at radius 2 is 0.917 bits per heavy atom. The monoisotopic (exact) mass is 372 g/mol. The summed E-state index contributed by atoms with van der Waals surface area (Å²) in [6.07, 6.45) is 8.36. The van der Waals surface area contributed by atoms with Crippen molar-refractivity contribution in [2.75, 3.05) is 24.6 Å². The lowest BCUT2D eigenvalue weighted by Gasteiger charge is -2.12. The molecule has 0 N–H and O–H groups in total. The van der Waals surface area contributed by atoms with Crippen LogP contribution in [0.25, 0.3) is 0 Å². The Morgan fingerprint density at radius 3 is 1.21 bits per heavy atom. The number of rotatable bonds is 11. The summed E-state index contributed by atoms with van der Waals surface area (Å²) in [6, 6.07) is 0. The number of amides is 4. The number of nitrogens with zero attached hydrogens (tertiary/aromatic N) is 2. The Bertz CT molecular complexity index is 422. The van der Waals surface area contributed by atoms with Crippen LogP contribution in [0.3, 0.4) is 0 Å². The van der Waals surface area contributed by atoms with Crippen molar-refractivity contribution < 1.29 is 19.2 Å². The van der Waals surface area contributed by atoms with E-state index < -0.39 is 0 Å². The van der Waals surface area contributed by atoms with Gasteiger partial charge in [0.15, 0.2) is 0 Å². The maximum Gasteiger partial charge on any atom is 0.288 e. The van der Waals surface area contributed by atoms with Crippen molar-refractivity contribution >= 4 is 45.8 Å². The first kappa shape index (κ1) is 19.3. The zero-order valence-electron chi connectivity index (χ0n) is 13.8. The van der Waals surface area contributed by atoms with E-state index in [9.17, 15) is 19.2 Å². The Hall–Kier alpha value is -1.02. The zero-order chi connectivity index (χ0) is 17.4. The topological polar surface area (TPSA) is 74.8 Å². The van der Waals surface area contributed by atoms with Crippen LogP contribution < -0.4 is 0 Å². The number of carbonyl (C=O) groups excluding carboxylic acids is 4. The second kappa shape index (κ2) is 10.1. The zero-order valence-corrected chi connectivity index (χ0v) is 15.5. The molecule has 8 heteroatoms. The highest BCUT2D eigenvalue weighted by molar-refractivity contribution is 8.15. The Morgan fingerprint density at radius 1 is 0.583 bits per heavy atom. The molecule has 0 radical (unpaired) electrons. The van der Waals surface area contributed by atoms with E-state index in [-0.39, 0.29) is 22.3 Å². The fourth-order valence-electron chi connectivity index (χ4n) is 2.79. The standard InChI is InChI=1S/C16H24N2O4S2/c19-13-11-23-15(21)17(13)9-7-5-3-1-2-4-6-8-10-18-14(20)12-24-16(18)22/h1-12H2. The van der Waals surface area contributed by atoms with Crippen LogP contribution in [0.5, 0.6) is 0 Å². The fourth-order valence-corrected chi connectivity index (χ4v) is 4.30. The summed E-state index contributed by atoms with van der Waals surface area (Å²) in [7, 11) is 0. The third-order valence-corrected chi connectivity index (χ3v) is 5.91. The number of unbranched alkanes of at least 4 members (excludes halogenated alkanes) is 7. The summed E-state index contributed by atoms with van der Waals surface area (Å²) in [5, 5.41) is -0.207. The molecule has 0 atom stereocenters. The first-order valence-electron chi connectivity index (χ1n) is 8.54. The van der Waals surface area contributed by atoms with Crippen molar-refractivity contribution in [3.8, 4) is 0 Å². The van der Waals surface area contributed by atoms with Gasteiger partial charge in [0.05, 0.1) is 11.5 Å². The Balaban J connectivity index is 1.39. The molecule has 2 rings (SSSR count). The van der Waals surface area contributed by atoms with E-state index in [4.69, 9.17) is 0 Å². The summed E-state index contributed by atoms with van der Waals surface area (Å²) in [4.78, 5) is 48.4. The van der Waals surface area contributed by atoms with Crippen LogP contribution in [0, 0.1) is 0 Å². The van der Waals surface area contributed by atoms with Gasteiger partial charge in [-0.3, -0.25) is 29.0 Å². The quantitative estimate of drug-likeness (QED) is 0.517. The van der Waals surface area contributed by atoms with E-state index in [1.165, 1.54) is 9.80 Å². The van der Waals surface area contributed by atoms with Gasteiger partial charge in [-0.05, 0) is 12.8 Å². The van der Waals surface area contributed by atoms with Crippen LogP contribution in [-0.4, -0.2) is 56.7 Å². The molecule has 0 bridgehead atoms. The van der Waals surface area contributed by atoms with E-state index in [1.54, 1.807) is 0 Å². The van der Waals surface area contributed by atoms with Gasteiger partial charge in [-0.15, -0.1) is 0 Å². The SMILES string of the molecule is O=C1CSC(=O)N1CCCCCCCCCCN1C(=O)CSC1=O. The molecule has 24 heavy (non-hydrogen) atoms. The average Bonchev–Trinajstić information content (AvgIpc) is 3.05. The summed E-state index contributed by atoms with van der Waals surface area (Å²) in [6.45, 7) is 1.11. The predicted molar refractivity (Wildman–Crippen MR) is 96.1 cm³/mol. The van der Waals surface area contributed by atoms with E-state index in [0.717, 1.165) is 74.9 Å². The highest BCUT2D eigenvalue weighted by Crippen LogP contribution is 2.20. The summed E-state index contributed by atoms with van der Waals surface area (Å²) in [5.74, 6) is 0.481. The Kier molecular flexibility index (Phi) is 8.11. The molecule has 0 aromatic carbocycles. The van der Waals surface area contributed by atoms with Gasteiger partial charge in [-0.25, -0.2) is 0 Å². The number of hydrogen-bond acceptors (Lipinski definition) is 6. The van der Waals surface area contributed by atoms with Gasteiger partial charge >= 0.3 is 0 Å². The largest absolute Gasteiger partial charge is 0.288 e. The van der Waals surface area contributed by atoms with Crippen LogP contribution in [0.2, 0.25) is 0 Å². The molecule has 4 amide bonds. The molecular weight excluding hydrogens is 348 g/mol. The van der Waals surface area contributed by atoms with Crippen LogP contribution >= 0.6 is 23.5 Å². The van der Waals surface area contributed by atoms with E-state index in [1.807, 2.05) is 0 Å².